The van der Waals surface area contributed by atoms with Gasteiger partial charge >= 0.3 is 0 Å². The molecule has 0 aliphatic carbocycles. The Hall–Kier alpha value is -3.26. The summed E-state index contributed by atoms with van der Waals surface area (Å²) in [4.78, 5) is 20.9. The molecule has 0 saturated carbocycles. The lowest BCUT2D eigenvalue weighted by atomic mass is 10.2. The fraction of sp³-hybridized carbons (Fsp3) is 0.222. The maximum absolute atomic E-state index is 12.1. The zero-order valence-corrected chi connectivity index (χ0v) is 14.9. The molecule has 26 heavy (non-hydrogen) atoms. The van der Waals surface area contributed by atoms with E-state index in [0.29, 0.717) is 23.9 Å². The van der Waals surface area contributed by atoms with Crippen molar-refractivity contribution in [1.82, 2.24) is 15.2 Å². The van der Waals surface area contributed by atoms with Crippen LogP contribution < -0.4 is 15.8 Å². The van der Waals surface area contributed by atoms with Crippen LogP contribution in [-0.2, 0) is 6.54 Å². The van der Waals surface area contributed by atoms with E-state index in [1.165, 1.54) is 7.05 Å². The number of guanidine groups is 1. The highest BCUT2D eigenvalue weighted by Crippen LogP contribution is 2.27. The topological polar surface area (TPSA) is 109 Å². The zero-order valence-electron chi connectivity index (χ0n) is 14.9. The average Bonchev–Trinajstić information content (AvgIpc) is 3.20. The fourth-order valence-electron chi connectivity index (χ4n) is 2.46. The van der Waals surface area contributed by atoms with Gasteiger partial charge in [0.25, 0.3) is 11.9 Å². The van der Waals surface area contributed by atoms with Gasteiger partial charge in [-0.2, -0.15) is 0 Å². The number of furan rings is 1. The van der Waals surface area contributed by atoms with E-state index in [1.54, 1.807) is 18.2 Å². The normalized spacial score (nSPS) is 11.9. The molecule has 0 saturated heterocycles. The molecule has 1 amide bonds. The molecule has 0 aliphatic rings. The van der Waals surface area contributed by atoms with Gasteiger partial charge in [-0.25, -0.2) is 0 Å². The van der Waals surface area contributed by atoms with Crippen LogP contribution in [-0.4, -0.2) is 42.9 Å². The number of H-pyrrole nitrogens is 1. The number of hydrogen-bond acceptors (Lipinski definition) is 5. The van der Waals surface area contributed by atoms with Crippen molar-refractivity contribution in [3.8, 4) is 11.7 Å². The molecule has 8 heteroatoms. The van der Waals surface area contributed by atoms with Gasteiger partial charge in [0.05, 0.1) is 6.54 Å². The Morgan fingerprint density at radius 1 is 1.31 bits per heavy atom. The van der Waals surface area contributed by atoms with Crippen molar-refractivity contribution in [2.24, 2.45) is 10.7 Å². The van der Waals surface area contributed by atoms with Gasteiger partial charge in [-0.1, -0.05) is 0 Å². The van der Waals surface area contributed by atoms with Crippen molar-refractivity contribution in [1.29, 1.82) is 0 Å². The van der Waals surface area contributed by atoms with Crippen molar-refractivity contribution in [3.05, 3.63) is 47.9 Å². The Labute approximate surface area is 150 Å². The minimum absolute atomic E-state index is 0.0593. The minimum atomic E-state index is -0.355. The van der Waals surface area contributed by atoms with Crippen molar-refractivity contribution in [3.63, 3.8) is 0 Å². The lowest BCUT2D eigenvalue weighted by Gasteiger charge is -2.06. The molecule has 4 N–H and O–H groups in total. The molecule has 0 bridgehead atoms. The summed E-state index contributed by atoms with van der Waals surface area (Å²) < 4.78 is 11.4. The van der Waals surface area contributed by atoms with Crippen molar-refractivity contribution >= 4 is 22.8 Å². The van der Waals surface area contributed by atoms with E-state index in [1.807, 2.05) is 37.2 Å². The van der Waals surface area contributed by atoms with Crippen molar-refractivity contribution in [2.45, 2.75) is 6.54 Å². The number of ether oxygens (including phenoxy) is 1. The van der Waals surface area contributed by atoms with E-state index in [0.717, 1.165) is 16.7 Å². The first-order valence-electron chi connectivity index (χ1n) is 8.02. The lowest BCUT2D eigenvalue weighted by molar-refractivity contribution is 0.0972. The molecular formula is C18H21N5O3. The molecule has 0 atom stereocenters. The number of nitrogens with zero attached hydrogens (tertiary/aromatic N) is 2. The zero-order chi connectivity index (χ0) is 18.7. The Bertz CT molecular complexity index is 955. The molecule has 2 heterocycles. The summed E-state index contributed by atoms with van der Waals surface area (Å²) in [5.74, 6) is 1.54. The number of amides is 1. The molecule has 0 aliphatic heterocycles. The first-order valence-corrected chi connectivity index (χ1v) is 8.02. The Morgan fingerprint density at radius 2 is 2.12 bits per heavy atom. The van der Waals surface area contributed by atoms with E-state index < -0.39 is 0 Å². The third-order valence-corrected chi connectivity index (χ3v) is 3.65. The lowest BCUT2D eigenvalue weighted by Crippen LogP contribution is -2.36. The van der Waals surface area contributed by atoms with Crippen LogP contribution in [0.4, 0.5) is 0 Å². The number of benzene rings is 1. The summed E-state index contributed by atoms with van der Waals surface area (Å²) >= 11 is 0. The van der Waals surface area contributed by atoms with Gasteiger partial charge in [0.2, 0.25) is 0 Å². The number of carbonyl (C=O) groups excluding carboxylic acids is 1. The Balaban J connectivity index is 1.76. The Kier molecular flexibility index (Phi) is 4.94. The molecule has 0 radical (unpaired) electrons. The molecule has 0 spiro atoms. The molecular weight excluding hydrogens is 334 g/mol. The predicted molar refractivity (Wildman–Crippen MR) is 99.5 cm³/mol. The predicted octanol–water partition coefficient (Wildman–Crippen LogP) is 2.29. The summed E-state index contributed by atoms with van der Waals surface area (Å²) in [6.45, 7) is 0.696. The van der Waals surface area contributed by atoms with E-state index in [-0.39, 0.29) is 11.9 Å². The van der Waals surface area contributed by atoms with Crippen LogP contribution in [0.5, 0.6) is 11.7 Å². The maximum atomic E-state index is 12.1. The van der Waals surface area contributed by atoms with Gasteiger partial charge in [0.15, 0.2) is 5.96 Å². The van der Waals surface area contributed by atoms with Gasteiger partial charge < -0.3 is 24.8 Å². The SMILES string of the molecule is CN=C(N)NC(=O)c1cc2ccc(Oc3ccc(CN(C)C)o3)cc2[nH]1. The summed E-state index contributed by atoms with van der Waals surface area (Å²) in [5.41, 5.74) is 6.67. The summed E-state index contributed by atoms with van der Waals surface area (Å²) in [6.07, 6.45) is 0. The van der Waals surface area contributed by atoms with E-state index in [4.69, 9.17) is 14.9 Å². The van der Waals surface area contributed by atoms with Gasteiger partial charge in [-0.3, -0.25) is 15.1 Å². The average molecular weight is 355 g/mol. The van der Waals surface area contributed by atoms with Gasteiger partial charge in [-0.15, -0.1) is 0 Å². The van der Waals surface area contributed by atoms with Crippen LogP contribution in [0.2, 0.25) is 0 Å². The molecule has 1 aromatic carbocycles. The summed E-state index contributed by atoms with van der Waals surface area (Å²) in [7, 11) is 5.44. The third-order valence-electron chi connectivity index (χ3n) is 3.65. The van der Waals surface area contributed by atoms with Crippen LogP contribution in [0.15, 0.2) is 45.8 Å². The largest absolute Gasteiger partial charge is 0.429 e. The van der Waals surface area contributed by atoms with Crippen LogP contribution in [0.1, 0.15) is 16.2 Å². The second-order valence-corrected chi connectivity index (χ2v) is 6.06. The number of nitrogens with two attached hydrogens (primary N) is 1. The van der Waals surface area contributed by atoms with Crippen molar-refractivity contribution < 1.29 is 13.9 Å². The summed E-state index contributed by atoms with van der Waals surface area (Å²) in [5, 5.41) is 3.36. The van der Waals surface area contributed by atoms with Crippen molar-refractivity contribution in [2.75, 3.05) is 21.1 Å². The van der Waals surface area contributed by atoms with E-state index in [9.17, 15) is 4.79 Å². The van der Waals surface area contributed by atoms with Crippen LogP contribution >= 0.6 is 0 Å². The molecule has 2 aromatic heterocycles. The Morgan fingerprint density at radius 3 is 2.85 bits per heavy atom. The fourth-order valence-corrected chi connectivity index (χ4v) is 2.46. The molecule has 8 nitrogen and oxygen atoms in total. The monoisotopic (exact) mass is 355 g/mol. The van der Waals surface area contributed by atoms with Gasteiger partial charge in [0.1, 0.15) is 17.2 Å². The van der Waals surface area contributed by atoms with Crippen LogP contribution in [0, 0.1) is 0 Å². The minimum Gasteiger partial charge on any atom is -0.429 e. The van der Waals surface area contributed by atoms with Crippen LogP contribution in [0.25, 0.3) is 10.9 Å². The highest BCUT2D eigenvalue weighted by molar-refractivity contribution is 6.06. The standard InChI is InChI=1S/C18H21N5O3/c1-20-18(19)22-17(24)15-8-11-4-5-12(9-14(11)21-15)25-16-7-6-13(26-16)10-23(2)3/h4-9,21H,10H2,1-3H3,(H3,19,20,22,24). The number of hydrogen-bond donors (Lipinski definition) is 3. The number of rotatable bonds is 5. The molecule has 0 fully saturated rings. The maximum Gasteiger partial charge on any atom is 0.290 e. The number of aliphatic imine (C=N–C) groups is 1. The number of carbonyl (C=O) groups is 1. The van der Waals surface area contributed by atoms with Gasteiger partial charge in [0, 0.05) is 30.1 Å². The molecule has 136 valence electrons. The first-order chi connectivity index (χ1) is 12.4. The number of nitrogens with one attached hydrogen (secondary N) is 2. The van der Waals surface area contributed by atoms with Gasteiger partial charge in [-0.05, 0) is 38.4 Å². The second-order valence-electron chi connectivity index (χ2n) is 6.06. The summed E-state index contributed by atoms with van der Waals surface area (Å²) in [6, 6.07) is 10.9. The number of aromatic amines is 1. The smallest absolute Gasteiger partial charge is 0.290 e. The molecule has 3 aromatic rings. The number of fused-ring (bicyclic) bond motifs is 1. The number of aromatic nitrogens is 1. The van der Waals surface area contributed by atoms with E-state index >= 15 is 0 Å². The molecule has 3 rings (SSSR count). The molecule has 0 unspecified atom stereocenters. The first kappa shape index (κ1) is 17.6. The third kappa shape index (κ3) is 4.04. The van der Waals surface area contributed by atoms with Crippen LogP contribution in [0.3, 0.4) is 0 Å². The quantitative estimate of drug-likeness (QED) is 0.481. The highest BCUT2D eigenvalue weighted by atomic mass is 16.6. The second kappa shape index (κ2) is 7.32. The highest BCUT2D eigenvalue weighted by Gasteiger charge is 2.12. The van der Waals surface area contributed by atoms with E-state index in [2.05, 4.69) is 15.3 Å².